The molecule has 5 rings (SSSR count). The van der Waals surface area contributed by atoms with E-state index in [1.54, 1.807) is 36.1 Å². The Morgan fingerprint density at radius 1 is 0.973 bits per heavy atom. The predicted octanol–water partition coefficient (Wildman–Crippen LogP) is 4.87. The highest BCUT2D eigenvalue weighted by Crippen LogP contribution is 2.35. The fraction of sp³-hybridized carbons (Fsp3) is 0.393. The summed E-state index contributed by atoms with van der Waals surface area (Å²) in [4.78, 5) is 44.5. The monoisotopic (exact) mass is 566 g/mol. The Labute approximate surface area is 225 Å². The van der Waals surface area contributed by atoms with Crippen molar-refractivity contribution in [2.24, 2.45) is 11.8 Å². The Balaban J connectivity index is 0.000000208. The van der Waals surface area contributed by atoms with Crippen LogP contribution in [0.25, 0.3) is 5.52 Å². The third kappa shape index (κ3) is 9.47. The van der Waals surface area contributed by atoms with Crippen molar-refractivity contribution in [1.29, 1.82) is 0 Å². The molecule has 2 aliphatic rings. The molecule has 2 fully saturated rings. The summed E-state index contributed by atoms with van der Waals surface area (Å²) in [6.45, 7) is 6.44. The third-order valence-corrected chi connectivity index (χ3v) is 5.98. The molecular formula is C28H31BrN4O4. The topological polar surface area (TPSA) is 111 Å². The minimum Gasteiger partial charge on any atom is -0.298 e. The van der Waals surface area contributed by atoms with Crippen LogP contribution in [0, 0.1) is 30.6 Å². The van der Waals surface area contributed by atoms with Crippen molar-refractivity contribution in [1.82, 2.24) is 19.8 Å². The number of nitrogens with zero attached hydrogens (tertiary/aromatic N) is 4. The van der Waals surface area contributed by atoms with Gasteiger partial charge >= 0.3 is 0 Å². The summed E-state index contributed by atoms with van der Waals surface area (Å²) in [6.07, 6.45) is 9.08. The summed E-state index contributed by atoms with van der Waals surface area (Å²) < 4.78 is 1.62. The van der Waals surface area contributed by atoms with Crippen molar-refractivity contribution in [2.45, 2.75) is 53.4 Å². The maximum absolute atomic E-state index is 12.3. The van der Waals surface area contributed by atoms with Gasteiger partial charge < -0.3 is 0 Å². The molecule has 8 nitrogen and oxygen atoms in total. The SMILES string of the molecule is CC#CC(C)=O.CC(=O)c1c(C)c(C(=O)C2CC2)n2ncccc12.O=C(CBr)C1CC1.c1ccnnc1. The second-order valence-corrected chi connectivity index (χ2v) is 9.14. The van der Waals surface area contributed by atoms with Crippen LogP contribution in [0.4, 0.5) is 0 Å². The van der Waals surface area contributed by atoms with Crippen molar-refractivity contribution in [3.63, 3.8) is 0 Å². The summed E-state index contributed by atoms with van der Waals surface area (Å²) in [7, 11) is 0. The minimum atomic E-state index is -0.0718. The van der Waals surface area contributed by atoms with Crippen LogP contribution < -0.4 is 0 Å². The molecule has 0 saturated heterocycles. The molecule has 3 aromatic rings. The van der Waals surface area contributed by atoms with E-state index >= 15 is 0 Å². The quantitative estimate of drug-likeness (QED) is 0.187. The first kappa shape index (κ1) is 29.7. The molecule has 0 bridgehead atoms. The summed E-state index contributed by atoms with van der Waals surface area (Å²) >= 11 is 3.11. The standard InChI is InChI=1S/C14H14N2O2.C5H7BrO.C5H6O.C4H4N2/c1-8-12(9(2)17)11-4-3-7-15-16(11)13(8)14(18)10-5-6-10;6-3-5(7)4-1-2-4;1-3-4-5(2)6;1-2-4-6-5-3-1/h3-4,7,10H,5-6H2,1-2H3;4H,1-3H2;1-2H3;1-4H. The van der Waals surface area contributed by atoms with E-state index in [1.165, 1.54) is 13.8 Å². The number of hydrogen-bond donors (Lipinski definition) is 0. The fourth-order valence-corrected chi connectivity index (χ4v) is 3.88. The lowest BCUT2D eigenvalue weighted by atomic mass is 10.0. The molecule has 2 aliphatic carbocycles. The number of fused-ring (bicyclic) bond motifs is 1. The summed E-state index contributed by atoms with van der Waals surface area (Å²) in [6, 6.07) is 7.27. The van der Waals surface area contributed by atoms with E-state index < -0.39 is 0 Å². The molecule has 0 unspecified atom stereocenters. The van der Waals surface area contributed by atoms with Crippen LogP contribution in [0.5, 0.6) is 0 Å². The lowest BCUT2D eigenvalue weighted by Gasteiger charge is -2.00. The molecule has 37 heavy (non-hydrogen) atoms. The molecule has 2 saturated carbocycles. The van der Waals surface area contributed by atoms with E-state index in [2.05, 4.69) is 43.1 Å². The van der Waals surface area contributed by atoms with Gasteiger partial charge in [-0.1, -0.05) is 21.9 Å². The molecule has 0 atom stereocenters. The number of carbonyl (C=O) groups is 4. The largest absolute Gasteiger partial charge is 0.298 e. The summed E-state index contributed by atoms with van der Waals surface area (Å²) in [5, 5.41) is 11.8. The molecule has 9 heteroatoms. The molecule has 3 aromatic heterocycles. The second kappa shape index (κ2) is 14.9. The Bertz CT molecular complexity index is 1270. The van der Waals surface area contributed by atoms with Gasteiger partial charge in [0.2, 0.25) is 5.78 Å². The molecule has 0 aliphatic heterocycles. The number of Topliss-reactive ketones (excluding diaryl/α,β-unsaturated/α-hetero) is 4. The highest BCUT2D eigenvalue weighted by Gasteiger charge is 2.35. The molecule has 3 heterocycles. The van der Waals surface area contributed by atoms with Crippen molar-refractivity contribution in [3.8, 4) is 11.8 Å². The van der Waals surface area contributed by atoms with Crippen molar-refractivity contribution in [2.75, 3.05) is 5.33 Å². The van der Waals surface area contributed by atoms with Gasteiger partial charge in [0.05, 0.1) is 10.8 Å². The first-order valence-corrected chi connectivity index (χ1v) is 13.1. The zero-order valence-electron chi connectivity index (χ0n) is 21.5. The van der Waals surface area contributed by atoms with Gasteiger partial charge in [-0.25, -0.2) is 4.52 Å². The van der Waals surface area contributed by atoms with E-state index in [4.69, 9.17) is 0 Å². The number of halogens is 1. The molecule has 0 N–H and O–H groups in total. The van der Waals surface area contributed by atoms with Gasteiger partial charge in [0.15, 0.2) is 11.6 Å². The average Bonchev–Trinajstić information content (AvgIpc) is 3.81. The zero-order valence-corrected chi connectivity index (χ0v) is 23.1. The van der Waals surface area contributed by atoms with Gasteiger partial charge in [-0.05, 0) is 82.2 Å². The van der Waals surface area contributed by atoms with Gasteiger partial charge in [-0.15, -0.1) is 0 Å². The smallest absolute Gasteiger partial charge is 0.202 e. The Kier molecular flexibility index (Phi) is 12.0. The Hall–Kier alpha value is -3.51. The molecular weight excluding hydrogens is 536 g/mol. The van der Waals surface area contributed by atoms with Gasteiger partial charge in [0.1, 0.15) is 11.5 Å². The van der Waals surface area contributed by atoms with Crippen LogP contribution in [0.2, 0.25) is 0 Å². The number of ketones is 4. The maximum Gasteiger partial charge on any atom is 0.202 e. The summed E-state index contributed by atoms with van der Waals surface area (Å²) in [5.74, 6) is 5.75. The van der Waals surface area contributed by atoms with Crippen molar-refractivity contribution < 1.29 is 19.2 Å². The van der Waals surface area contributed by atoms with Crippen LogP contribution in [0.15, 0.2) is 42.9 Å². The molecule has 0 radical (unpaired) electrons. The molecule has 194 valence electrons. The highest BCUT2D eigenvalue weighted by atomic mass is 79.9. The van der Waals surface area contributed by atoms with Crippen molar-refractivity contribution >= 4 is 44.6 Å². The second-order valence-electron chi connectivity index (χ2n) is 8.58. The normalized spacial score (nSPS) is 13.2. The number of rotatable bonds is 5. The lowest BCUT2D eigenvalue weighted by molar-refractivity contribution is -0.117. The van der Waals surface area contributed by atoms with Gasteiger partial charge in [0.25, 0.3) is 0 Å². The number of aromatic nitrogens is 4. The molecule has 0 spiro atoms. The number of carbonyl (C=O) groups excluding carboxylic acids is 4. The minimum absolute atomic E-state index is 0.0205. The van der Waals surface area contributed by atoms with E-state index in [-0.39, 0.29) is 23.3 Å². The van der Waals surface area contributed by atoms with E-state index in [9.17, 15) is 19.2 Å². The maximum atomic E-state index is 12.3. The first-order valence-electron chi connectivity index (χ1n) is 12.0. The van der Waals surface area contributed by atoms with Crippen molar-refractivity contribution in [3.05, 3.63) is 59.7 Å². The van der Waals surface area contributed by atoms with Crippen LogP contribution >= 0.6 is 15.9 Å². The first-order chi connectivity index (χ1) is 17.7. The zero-order chi connectivity index (χ0) is 27.4. The lowest BCUT2D eigenvalue weighted by Crippen LogP contribution is -2.08. The van der Waals surface area contributed by atoms with Gasteiger partial charge in [-0.3, -0.25) is 19.2 Å². The summed E-state index contributed by atoms with van der Waals surface area (Å²) in [5.41, 5.74) is 2.69. The van der Waals surface area contributed by atoms with E-state index in [0.717, 1.165) is 36.8 Å². The Morgan fingerprint density at radius 2 is 1.57 bits per heavy atom. The van der Waals surface area contributed by atoms with Crippen LogP contribution in [0.3, 0.4) is 0 Å². The third-order valence-electron chi connectivity index (χ3n) is 5.43. The number of alkyl halides is 1. The molecule has 0 aromatic carbocycles. The van der Waals surface area contributed by atoms with Gasteiger partial charge in [0, 0.05) is 42.9 Å². The predicted molar refractivity (Wildman–Crippen MR) is 145 cm³/mol. The Morgan fingerprint density at radius 3 is 1.92 bits per heavy atom. The van der Waals surface area contributed by atoms with Crippen LogP contribution in [-0.4, -0.2) is 48.3 Å². The van der Waals surface area contributed by atoms with E-state index in [1.807, 2.05) is 25.1 Å². The fourth-order valence-electron chi connectivity index (χ4n) is 3.43. The van der Waals surface area contributed by atoms with Crippen LogP contribution in [-0.2, 0) is 9.59 Å². The van der Waals surface area contributed by atoms with Crippen LogP contribution in [0.1, 0.15) is 72.9 Å². The average molecular weight is 567 g/mol. The highest BCUT2D eigenvalue weighted by molar-refractivity contribution is 9.09. The van der Waals surface area contributed by atoms with Gasteiger partial charge in [-0.2, -0.15) is 15.3 Å². The number of hydrogen-bond acceptors (Lipinski definition) is 7. The molecule has 0 amide bonds. The van der Waals surface area contributed by atoms with E-state index in [0.29, 0.717) is 28.3 Å².